The summed E-state index contributed by atoms with van der Waals surface area (Å²) in [6, 6.07) is 19.2. The van der Waals surface area contributed by atoms with E-state index in [1.54, 1.807) is 36.4 Å². The zero-order valence-corrected chi connectivity index (χ0v) is 24.9. The van der Waals surface area contributed by atoms with E-state index in [0.29, 0.717) is 20.6 Å². The number of amides is 2. The van der Waals surface area contributed by atoms with Crippen molar-refractivity contribution in [2.45, 2.75) is 38.9 Å². The highest BCUT2D eigenvalue weighted by Crippen LogP contribution is 2.28. The summed E-state index contributed by atoms with van der Waals surface area (Å²) in [7, 11) is -3.90. The summed E-state index contributed by atoms with van der Waals surface area (Å²) in [5.41, 5.74) is 1.48. The normalized spacial score (nSPS) is 12.2. The van der Waals surface area contributed by atoms with Crippen LogP contribution < -0.4 is 9.62 Å². The lowest BCUT2D eigenvalue weighted by atomic mass is 10.0. The second-order valence-corrected chi connectivity index (χ2v) is 12.5. The number of rotatable bonds is 11. The number of sulfonamides is 1. The molecule has 208 valence electrons. The molecular formula is C28H30Cl3N3O4S. The van der Waals surface area contributed by atoms with Gasteiger partial charge in [0.05, 0.1) is 11.9 Å². The Bertz CT molecular complexity index is 1400. The monoisotopic (exact) mass is 609 g/mol. The van der Waals surface area contributed by atoms with Gasteiger partial charge in [-0.25, -0.2) is 8.42 Å². The Morgan fingerprint density at radius 3 is 2.08 bits per heavy atom. The van der Waals surface area contributed by atoms with Crippen molar-refractivity contribution >= 4 is 62.3 Å². The highest BCUT2D eigenvalue weighted by Gasteiger charge is 2.34. The van der Waals surface area contributed by atoms with Gasteiger partial charge in [-0.1, -0.05) is 77.3 Å². The molecule has 1 N–H and O–H groups in total. The number of carbonyl (C=O) groups is 2. The number of anilines is 1. The Morgan fingerprint density at radius 2 is 1.51 bits per heavy atom. The first-order valence-electron chi connectivity index (χ1n) is 12.2. The maximum absolute atomic E-state index is 14.0. The molecule has 0 saturated carbocycles. The number of benzene rings is 3. The van der Waals surface area contributed by atoms with Crippen LogP contribution in [0.1, 0.15) is 25.0 Å². The fraction of sp³-hybridized carbons (Fsp3) is 0.286. The van der Waals surface area contributed by atoms with Crippen LogP contribution in [0.25, 0.3) is 0 Å². The molecule has 0 aliphatic heterocycles. The van der Waals surface area contributed by atoms with Gasteiger partial charge in [0, 0.05) is 39.6 Å². The molecule has 0 heterocycles. The van der Waals surface area contributed by atoms with Crippen LogP contribution in [-0.2, 0) is 32.6 Å². The first-order chi connectivity index (χ1) is 18.4. The molecule has 3 rings (SSSR count). The van der Waals surface area contributed by atoms with Crippen molar-refractivity contribution in [1.82, 2.24) is 10.2 Å². The van der Waals surface area contributed by atoms with Crippen LogP contribution in [0.3, 0.4) is 0 Å². The predicted octanol–water partition coefficient (Wildman–Crippen LogP) is 5.58. The van der Waals surface area contributed by atoms with Gasteiger partial charge in [0.1, 0.15) is 12.6 Å². The van der Waals surface area contributed by atoms with E-state index in [1.807, 2.05) is 44.2 Å². The molecule has 0 radical (unpaired) electrons. The first-order valence-corrected chi connectivity index (χ1v) is 15.1. The van der Waals surface area contributed by atoms with Crippen molar-refractivity contribution in [3.8, 4) is 0 Å². The fourth-order valence-electron chi connectivity index (χ4n) is 4.03. The lowest BCUT2D eigenvalue weighted by Gasteiger charge is -2.34. The number of hydrogen-bond donors (Lipinski definition) is 1. The van der Waals surface area contributed by atoms with Gasteiger partial charge in [0.15, 0.2) is 0 Å². The van der Waals surface area contributed by atoms with E-state index < -0.39 is 28.5 Å². The van der Waals surface area contributed by atoms with Gasteiger partial charge < -0.3 is 10.2 Å². The maximum Gasteiger partial charge on any atom is 0.244 e. The predicted molar refractivity (Wildman–Crippen MR) is 158 cm³/mol. The van der Waals surface area contributed by atoms with Crippen LogP contribution >= 0.6 is 34.8 Å². The second-order valence-electron chi connectivity index (χ2n) is 9.34. The average molecular weight is 611 g/mol. The average Bonchev–Trinajstić information content (AvgIpc) is 2.85. The van der Waals surface area contributed by atoms with Crippen molar-refractivity contribution in [3.63, 3.8) is 0 Å². The zero-order chi connectivity index (χ0) is 28.7. The Morgan fingerprint density at radius 1 is 0.897 bits per heavy atom. The fourth-order valence-corrected chi connectivity index (χ4v) is 5.58. The van der Waals surface area contributed by atoms with Crippen LogP contribution in [0.4, 0.5) is 5.69 Å². The molecule has 0 fully saturated rings. The van der Waals surface area contributed by atoms with E-state index in [2.05, 4.69) is 5.32 Å². The molecule has 1 unspecified atom stereocenters. The molecular weight excluding hydrogens is 581 g/mol. The van der Waals surface area contributed by atoms with Crippen molar-refractivity contribution in [2.75, 3.05) is 17.1 Å². The third-order valence-corrected chi connectivity index (χ3v) is 7.95. The minimum Gasteiger partial charge on any atom is -0.352 e. The Hall–Kier alpha value is -2.78. The summed E-state index contributed by atoms with van der Waals surface area (Å²) < 4.78 is 26.6. The standard InChI is InChI=1S/C28H30Cl3N3O4S/c1-19(2)32-28(36)26(15-20-9-5-4-6-10-20)33(17-23-24(30)13-8-14-25(23)31)27(35)18-34(39(3,37)38)22-12-7-11-21(29)16-22/h4-14,16,19,26H,15,17-18H2,1-3H3,(H,32,36). The molecule has 7 nitrogen and oxygen atoms in total. The largest absolute Gasteiger partial charge is 0.352 e. The number of carbonyl (C=O) groups excluding carboxylic acids is 2. The van der Waals surface area contributed by atoms with E-state index in [9.17, 15) is 18.0 Å². The third kappa shape index (κ3) is 8.60. The number of hydrogen-bond acceptors (Lipinski definition) is 4. The summed E-state index contributed by atoms with van der Waals surface area (Å²) in [6.07, 6.45) is 1.19. The molecule has 0 aliphatic carbocycles. The molecule has 0 aromatic heterocycles. The smallest absolute Gasteiger partial charge is 0.244 e. The van der Waals surface area contributed by atoms with Crippen molar-refractivity contribution in [1.29, 1.82) is 0 Å². The Kier molecular flexibility index (Phi) is 10.7. The maximum atomic E-state index is 14.0. The summed E-state index contributed by atoms with van der Waals surface area (Å²) >= 11 is 19.0. The van der Waals surface area contributed by atoms with Crippen LogP contribution in [0, 0.1) is 0 Å². The van der Waals surface area contributed by atoms with E-state index in [0.717, 1.165) is 16.1 Å². The van der Waals surface area contributed by atoms with Crippen molar-refractivity contribution in [3.05, 3.63) is 99.0 Å². The molecule has 0 spiro atoms. The number of halogens is 3. The number of nitrogens with one attached hydrogen (secondary N) is 1. The summed E-state index contributed by atoms with van der Waals surface area (Å²) in [5, 5.41) is 3.83. The Labute approximate surface area is 244 Å². The van der Waals surface area contributed by atoms with Crippen LogP contribution in [0.15, 0.2) is 72.8 Å². The third-order valence-electron chi connectivity index (χ3n) is 5.87. The Balaban J connectivity index is 2.10. The molecule has 1 atom stereocenters. The molecule has 0 bridgehead atoms. The highest BCUT2D eigenvalue weighted by atomic mass is 35.5. The SMILES string of the molecule is CC(C)NC(=O)C(Cc1ccccc1)N(Cc1c(Cl)cccc1Cl)C(=O)CN(c1cccc(Cl)c1)S(C)(=O)=O. The van der Waals surface area contributed by atoms with Crippen LogP contribution in [0.2, 0.25) is 15.1 Å². The van der Waals surface area contributed by atoms with Gasteiger partial charge in [-0.3, -0.25) is 13.9 Å². The first kappa shape index (κ1) is 30.8. The van der Waals surface area contributed by atoms with Gasteiger partial charge in [0.25, 0.3) is 0 Å². The van der Waals surface area contributed by atoms with E-state index >= 15 is 0 Å². The molecule has 0 aliphatic rings. The van der Waals surface area contributed by atoms with Crippen molar-refractivity contribution < 1.29 is 18.0 Å². The van der Waals surface area contributed by atoms with E-state index in [-0.39, 0.29) is 30.6 Å². The summed E-state index contributed by atoms with van der Waals surface area (Å²) in [6.45, 7) is 2.95. The summed E-state index contributed by atoms with van der Waals surface area (Å²) in [5.74, 6) is -1.00. The van der Waals surface area contributed by atoms with Gasteiger partial charge >= 0.3 is 0 Å². The quantitative estimate of drug-likeness (QED) is 0.307. The highest BCUT2D eigenvalue weighted by molar-refractivity contribution is 7.92. The van der Waals surface area contributed by atoms with Crippen molar-refractivity contribution in [2.24, 2.45) is 0 Å². The summed E-state index contributed by atoms with van der Waals surface area (Å²) in [4.78, 5) is 28.9. The van der Waals surface area contributed by atoms with Gasteiger partial charge in [-0.05, 0) is 49.7 Å². The van der Waals surface area contributed by atoms with Gasteiger partial charge in [-0.15, -0.1) is 0 Å². The van der Waals surface area contributed by atoms with Gasteiger partial charge in [0.2, 0.25) is 21.8 Å². The molecule has 0 saturated heterocycles. The second kappa shape index (κ2) is 13.5. The zero-order valence-electron chi connectivity index (χ0n) is 21.8. The molecule has 3 aromatic carbocycles. The topological polar surface area (TPSA) is 86.8 Å². The molecule has 3 aromatic rings. The van der Waals surface area contributed by atoms with E-state index in [4.69, 9.17) is 34.8 Å². The van der Waals surface area contributed by atoms with Crippen LogP contribution in [-0.4, -0.2) is 50.0 Å². The lowest BCUT2D eigenvalue weighted by Crippen LogP contribution is -2.54. The minimum absolute atomic E-state index is 0.118. The van der Waals surface area contributed by atoms with E-state index in [1.165, 1.54) is 11.0 Å². The molecule has 39 heavy (non-hydrogen) atoms. The van der Waals surface area contributed by atoms with Gasteiger partial charge in [-0.2, -0.15) is 0 Å². The molecule has 11 heteroatoms. The number of nitrogens with zero attached hydrogens (tertiary/aromatic N) is 2. The lowest BCUT2D eigenvalue weighted by molar-refractivity contribution is -0.140. The molecule has 2 amide bonds. The van der Waals surface area contributed by atoms with Crippen LogP contribution in [0.5, 0.6) is 0 Å². The minimum atomic E-state index is -3.90.